The summed E-state index contributed by atoms with van der Waals surface area (Å²) in [5, 5.41) is 3.14. The van der Waals surface area contributed by atoms with Crippen LogP contribution in [0.1, 0.15) is 16.1 Å². The summed E-state index contributed by atoms with van der Waals surface area (Å²) in [6.45, 7) is 1.27. The van der Waals surface area contributed by atoms with Gasteiger partial charge in [-0.2, -0.15) is 0 Å². The third kappa shape index (κ3) is 2.55. The van der Waals surface area contributed by atoms with E-state index in [0.717, 1.165) is 5.69 Å². The van der Waals surface area contributed by atoms with Crippen molar-refractivity contribution < 1.29 is 14.3 Å². The second kappa shape index (κ2) is 5.42. The maximum absolute atomic E-state index is 12.1. The summed E-state index contributed by atoms with van der Waals surface area (Å²) in [6.07, 6.45) is 3.21. The molecular formula is C13H12ClN3O3. The topological polar surface area (TPSA) is 76.2 Å². The molecule has 3 rings (SSSR count). The van der Waals surface area contributed by atoms with E-state index in [1.54, 1.807) is 24.7 Å². The Morgan fingerprint density at radius 3 is 3.05 bits per heavy atom. The zero-order valence-corrected chi connectivity index (χ0v) is 11.2. The average Bonchev–Trinajstić information content (AvgIpc) is 2.98. The van der Waals surface area contributed by atoms with Gasteiger partial charge in [0.25, 0.3) is 5.91 Å². The van der Waals surface area contributed by atoms with Gasteiger partial charge < -0.3 is 19.8 Å². The largest absolute Gasteiger partial charge is 0.486 e. The van der Waals surface area contributed by atoms with Crippen molar-refractivity contribution in [2.24, 2.45) is 0 Å². The Morgan fingerprint density at radius 2 is 2.25 bits per heavy atom. The van der Waals surface area contributed by atoms with Gasteiger partial charge in [0.1, 0.15) is 13.2 Å². The average molecular weight is 294 g/mol. The van der Waals surface area contributed by atoms with Crippen molar-refractivity contribution in [1.82, 2.24) is 15.3 Å². The Labute approximate surface area is 120 Å². The van der Waals surface area contributed by atoms with Gasteiger partial charge in [-0.25, -0.2) is 4.98 Å². The summed E-state index contributed by atoms with van der Waals surface area (Å²) in [4.78, 5) is 18.9. The number of benzene rings is 1. The van der Waals surface area contributed by atoms with E-state index in [4.69, 9.17) is 21.1 Å². The van der Waals surface area contributed by atoms with Crippen LogP contribution in [-0.2, 0) is 6.54 Å². The highest BCUT2D eigenvalue weighted by Crippen LogP contribution is 2.38. The minimum Gasteiger partial charge on any atom is -0.486 e. The molecule has 0 atom stereocenters. The number of halogens is 1. The summed E-state index contributed by atoms with van der Waals surface area (Å²) < 4.78 is 10.8. The minimum atomic E-state index is -0.238. The first-order chi connectivity index (χ1) is 9.74. The molecule has 0 saturated carbocycles. The molecule has 1 aromatic heterocycles. The fraction of sp³-hybridized carbons (Fsp3) is 0.231. The van der Waals surface area contributed by atoms with Crippen molar-refractivity contribution in [3.05, 3.63) is 40.9 Å². The number of aromatic nitrogens is 2. The second-order valence-electron chi connectivity index (χ2n) is 4.24. The molecule has 104 valence electrons. The maximum atomic E-state index is 12.1. The van der Waals surface area contributed by atoms with Crippen LogP contribution in [0.25, 0.3) is 0 Å². The third-order valence-corrected chi connectivity index (χ3v) is 3.13. The lowest BCUT2D eigenvalue weighted by molar-refractivity contribution is 0.0949. The van der Waals surface area contributed by atoms with Crippen molar-refractivity contribution >= 4 is 17.5 Å². The molecule has 1 amide bonds. The van der Waals surface area contributed by atoms with Crippen molar-refractivity contribution in [1.29, 1.82) is 0 Å². The van der Waals surface area contributed by atoms with Crippen LogP contribution in [0.2, 0.25) is 5.02 Å². The minimum absolute atomic E-state index is 0.238. The first kappa shape index (κ1) is 12.8. The van der Waals surface area contributed by atoms with Crippen LogP contribution >= 0.6 is 11.6 Å². The van der Waals surface area contributed by atoms with E-state index in [-0.39, 0.29) is 5.91 Å². The van der Waals surface area contributed by atoms with Crippen molar-refractivity contribution in [2.75, 3.05) is 13.2 Å². The zero-order valence-electron chi connectivity index (χ0n) is 10.5. The molecule has 20 heavy (non-hydrogen) atoms. The molecule has 1 aliphatic heterocycles. The van der Waals surface area contributed by atoms with Crippen LogP contribution in [0.15, 0.2) is 24.7 Å². The van der Waals surface area contributed by atoms with Gasteiger partial charge >= 0.3 is 0 Å². The quantitative estimate of drug-likeness (QED) is 0.904. The Bertz CT molecular complexity index is 628. The number of amides is 1. The van der Waals surface area contributed by atoms with Crippen LogP contribution < -0.4 is 14.8 Å². The number of hydrogen-bond donors (Lipinski definition) is 2. The summed E-state index contributed by atoms with van der Waals surface area (Å²) in [7, 11) is 0. The number of H-pyrrole nitrogens is 1. The molecule has 0 radical (unpaired) electrons. The number of fused-ring (bicyclic) bond motifs is 1. The Balaban J connectivity index is 1.76. The van der Waals surface area contributed by atoms with E-state index in [1.165, 1.54) is 0 Å². The Hall–Kier alpha value is -2.21. The smallest absolute Gasteiger partial charge is 0.251 e. The number of carbonyl (C=O) groups is 1. The number of imidazole rings is 1. The molecule has 0 aliphatic carbocycles. The first-order valence-corrected chi connectivity index (χ1v) is 6.46. The maximum Gasteiger partial charge on any atom is 0.251 e. The molecule has 1 aliphatic rings. The lowest BCUT2D eigenvalue weighted by atomic mass is 10.1. The number of hydrogen-bond acceptors (Lipinski definition) is 4. The summed E-state index contributed by atoms with van der Waals surface area (Å²) >= 11 is 6.09. The van der Waals surface area contributed by atoms with Crippen molar-refractivity contribution in [3.8, 4) is 11.5 Å². The number of carbonyl (C=O) groups excluding carboxylic acids is 1. The van der Waals surface area contributed by atoms with Gasteiger partial charge in [0, 0.05) is 11.8 Å². The van der Waals surface area contributed by atoms with E-state index in [2.05, 4.69) is 15.3 Å². The van der Waals surface area contributed by atoms with Gasteiger partial charge in [0.15, 0.2) is 11.5 Å². The molecular weight excluding hydrogens is 282 g/mol. The Kier molecular flexibility index (Phi) is 3.47. The highest BCUT2D eigenvalue weighted by Gasteiger charge is 2.19. The van der Waals surface area contributed by atoms with Gasteiger partial charge in [0.2, 0.25) is 0 Å². The normalized spacial score (nSPS) is 13.1. The monoisotopic (exact) mass is 293 g/mol. The SMILES string of the molecule is O=C(NCc1cnc[nH]1)c1cc(Cl)c2c(c1)OCCO2. The molecule has 0 spiro atoms. The second-order valence-corrected chi connectivity index (χ2v) is 4.65. The Morgan fingerprint density at radius 1 is 1.40 bits per heavy atom. The first-order valence-electron chi connectivity index (χ1n) is 6.08. The van der Waals surface area contributed by atoms with E-state index in [0.29, 0.717) is 41.8 Å². The lowest BCUT2D eigenvalue weighted by Crippen LogP contribution is -2.23. The van der Waals surface area contributed by atoms with Crippen molar-refractivity contribution in [2.45, 2.75) is 6.54 Å². The number of aromatic amines is 1. The fourth-order valence-corrected chi connectivity index (χ4v) is 2.17. The summed E-state index contributed by atoms with van der Waals surface area (Å²) in [5.41, 5.74) is 1.25. The molecule has 2 aromatic rings. The number of rotatable bonds is 3. The molecule has 0 bridgehead atoms. The molecule has 0 saturated heterocycles. The molecule has 1 aromatic carbocycles. The molecule has 0 fully saturated rings. The molecule has 2 N–H and O–H groups in total. The summed E-state index contributed by atoms with van der Waals surface area (Å²) in [5.74, 6) is 0.747. The van der Waals surface area contributed by atoms with E-state index < -0.39 is 0 Å². The van der Waals surface area contributed by atoms with Gasteiger partial charge in [-0.05, 0) is 12.1 Å². The summed E-state index contributed by atoms with van der Waals surface area (Å²) in [6, 6.07) is 3.19. The molecule has 7 heteroatoms. The zero-order chi connectivity index (χ0) is 13.9. The van der Waals surface area contributed by atoms with Gasteiger partial charge in [-0.3, -0.25) is 4.79 Å². The standard InChI is InChI=1S/C13H12ClN3O3/c14-10-3-8(4-11-12(10)20-2-1-19-11)13(18)16-6-9-5-15-7-17-9/h3-5,7H,1-2,6H2,(H,15,17)(H,16,18). The third-order valence-electron chi connectivity index (χ3n) is 2.85. The van der Waals surface area contributed by atoms with Gasteiger partial charge in [-0.1, -0.05) is 11.6 Å². The van der Waals surface area contributed by atoms with Crippen LogP contribution in [0.4, 0.5) is 0 Å². The fourth-order valence-electron chi connectivity index (χ4n) is 1.90. The highest BCUT2D eigenvalue weighted by atomic mass is 35.5. The predicted molar refractivity (Wildman–Crippen MR) is 72.2 cm³/mol. The van der Waals surface area contributed by atoms with Crippen molar-refractivity contribution in [3.63, 3.8) is 0 Å². The number of ether oxygens (including phenoxy) is 2. The van der Waals surface area contributed by atoms with Gasteiger partial charge in [0.05, 0.1) is 23.6 Å². The van der Waals surface area contributed by atoms with Crippen LogP contribution in [0.5, 0.6) is 11.5 Å². The molecule has 6 nitrogen and oxygen atoms in total. The molecule has 0 unspecified atom stereocenters. The number of nitrogens with zero attached hydrogens (tertiary/aromatic N) is 1. The van der Waals surface area contributed by atoms with Crippen LogP contribution in [-0.4, -0.2) is 29.1 Å². The van der Waals surface area contributed by atoms with E-state index in [1.807, 2.05) is 0 Å². The predicted octanol–water partition coefficient (Wildman–Crippen LogP) is 1.76. The van der Waals surface area contributed by atoms with Crippen LogP contribution in [0.3, 0.4) is 0 Å². The lowest BCUT2D eigenvalue weighted by Gasteiger charge is -2.20. The number of nitrogens with one attached hydrogen (secondary N) is 2. The van der Waals surface area contributed by atoms with Crippen LogP contribution in [0, 0.1) is 0 Å². The van der Waals surface area contributed by atoms with E-state index in [9.17, 15) is 4.79 Å². The van der Waals surface area contributed by atoms with Gasteiger partial charge in [-0.15, -0.1) is 0 Å². The molecule has 2 heterocycles. The highest BCUT2D eigenvalue weighted by molar-refractivity contribution is 6.32. The van der Waals surface area contributed by atoms with E-state index >= 15 is 0 Å².